The van der Waals surface area contributed by atoms with Gasteiger partial charge < -0.3 is 10.1 Å². The number of hydrogen-bond donors (Lipinski definition) is 2. The van der Waals surface area contributed by atoms with E-state index in [4.69, 9.17) is 27.9 Å². The molecule has 2 rings (SSSR count). The quantitative estimate of drug-likeness (QED) is 0.824. The number of halogens is 2. The van der Waals surface area contributed by atoms with Gasteiger partial charge in [-0.3, -0.25) is 10.1 Å². The number of carbonyl (C=O) groups excluding carboxylic acids is 2. The van der Waals surface area contributed by atoms with Gasteiger partial charge in [0.15, 0.2) is 12.4 Å². The van der Waals surface area contributed by atoms with E-state index >= 15 is 0 Å². The van der Waals surface area contributed by atoms with Gasteiger partial charge in [-0.2, -0.15) is 0 Å². The molecule has 6 nitrogen and oxygen atoms in total. The zero-order valence-corrected chi connectivity index (χ0v) is 15.7. The zero-order valence-electron chi connectivity index (χ0n) is 14.2. The number of imide groups is 1. The van der Waals surface area contributed by atoms with Crippen molar-refractivity contribution in [2.75, 3.05) is 13.2 Å². The van der Waals surface area contributed by atoms with Crippen molar-refractivity contribution in [1.29, 1.82) is 0 Å². The highest BCUT2D eigenvalue weighted by molar-refractivity contribution is 6.39. The van der Waals surface area contributed by atoms with E-state index in [-0.39, 0.29) is 23.3 Å². The molecule has 1 aromatic heterocycles. The molecule has 0 fully saturated rings. The first-order chi connectivity index (χ1) is 11.8. The van der Waals surface area contributed by atoms with Crippen LogP contribution in [-0.2, 0) is 4.79 Å². The van der Waals surface area contributed by atoms with Crippen molar-refractivity contribution >= 4 is 46.0 Å². The fourth-order valence-electron chi connectivity index (χ4n) is 2.07. The van der Waals surface area contributed by atoms with Crippen LogP contribution in [0.5, 0.6) is 5.75 Å². The van der Waals surface area contributed by atoms with Crippen LogP contribution in [-0.4, -0.2) is 30.1 Å². The Bertz CT molecular complexity index is 809. The summed E-state index contributed by atoms with van der Waals surface area (Å²) in [6.45, 7) is 5.82. The minimum atomic E-state index is -0.590. The summed E-state index contributed by atoms with van der Waals surface area (Å²) in [5, 5.41) is 6.13. The standard InChI is InChI=1S/C17H19Cl2N3O3/c1-9(2)7-20-17(24)22-14(23)8-25-16-13(19)6-12(18)11-5-4-10(3)21-15(11)16/h4-6,9H,7-8H2,1-3H3,(H2,20,22,23,24). The van der Waals surface area contributed by atoms with Crippen molar-refractivity contribution in [2.45, 2.75) is 20.8 Å². The van der Waals surface area contributed by atoms with E-state index in [1.54, 1.807) is 0 Å². The van der Waals surface area contributed by atoms with Crippen molar-refractivity contribution in [1.82, 2.24) is 15.6 Å². The number of amides is 3. The molecule has 1 aromatic carbocycles. The third-order valence-electron chi connectivity index (χ3n) is 3.25. The summed E-state index contributed by atoms with van der Waals surface area (Å²) in [5.41, 5.74) is 1.22. The number of nitrogens with one attached hydrogen (secondary N) is 2. The number of carbonyl (C=O) groups is 2. The maximum Gasteiger partial charge on any atom is 0.321 e. The second-order valence-electron chi connectivity index (χ2n) is 5.96. The highest BCUT2D eigenvalue weighted by Crippen LogP contribution is 2.37. The summed E-state index contributed by atoms with van der Waals surface area (Å²) in [6, 6.07) is 4.59. The van der Waals surface area contributed by atoms with E-state index in [1.807, 2.05) is 32.9 Å². The van der Waals surface area contributed by atoms with Crippen molar-refractivity contribution in [2.24, 2.45) is 5.92 Å². The summed E-state index contributed by atoms with van der Waals surface area (Å²) >= 11 is 12.3. The number of benzene rings is 1. The van der Waals surface area contributed by atoms with Crippen molar-refractivity contribution < 1.29 is 14.3 Å². The average Bonchev–Trinajstić information content (AvgIpc) is 2.52. The normalized spacial score (nSPS) is 10.8. The summed E-state index contributed by atoms with van der Waals surface area (Å²) in [6.07, 6.45) is 0. The van der Waals surface area contributed by atoms with E-state index in [2.05, 4.69) is 15.6 Å². The van der Waals surface area contributed by atoms with Crippen LogP contribution < -0.4 is 15.4 Å². The summed E-state index contributed by atoms with van der Waals surface area (Å²) < 4.78 is 5.50. The van der Waals surface area contributed by atoms with Crippen molar-refractivity contribution in [3.8, 4) is 5.75 Å². The Balaban J connectivity index is 2.09. The largest absolute Gasteiger partial charge is 0.480 e. The zero-order chi connectivity index (χ0) is 18.6. The summed E-state index contributed by atoms with van der Waals surface area (Å²) in [7, 11) is 0. The van der Waals surface area contributed by atoms with Gasteiger partial charge in [0.1, 0.15) is 5.52 Å². The molecule has 2 aromatic rings. The van der Waals surface area contributed by atoms with E-state index < -0.39 is 11.9 Å². The van der Waals surface area contributed by atoms with Crippen LogP contribution in [0.15, 0.2) is 18.2 Å². The Kier molecular flexibility index (Phi) is 6.45. The van der Waals surface area contributed by atoms with Gasteiger partial charge in [-0.05, 0) is 31.0 Å². The van der Waals surface area contributed by atoms with Crippen molar-refractivity contribution in [3.05, 3.63) is 33.9 Å². The van der Waals surface area contributed by atoms with Gasteiger partial charge in [0, 0.05) is 17.6 Å². The van der Waals surface area contributed by atoms with E-state index in [0.29, 0.717) is 22.5 Å². The number of pyridine rings is 1. The second kappa shape index (κ2) is 8.36. The molecule has 0 radical (unpaired) electrons. The van der Waals surface area contributed by atoms with Crippen LogP contribution in [0.2, 0.25) is 10.0 Å². The number of aromatic nitrogens is 1. The van der Waals surface area contributed by atoms with Crippen LogP contribution in [0.1, 0.15) is 19.5 Å². The van der Waals surface area contributed by atoms with E-state index in [0.717, 1.165) is 5.69 Å². The maximum absolute atomic E-state index is 11.9. The van der Waals surface area contributed by atoms with Crippen LogP contribution in [0, 0.1) is 12.8 Å². The molecule has 0 saturated heterocycles. The summed E-state index contributed by atoms with van der Waals surface area (Å²) in [5.74, 6) is -0.0544. The molecule has 25 heavy (non-hydrogen) atoms. The van der Waals surface area contributed by atoms with Gasteiger partial charge in [-0.1, -0.05) is 37.0 Å². The number of ether oxygens (including phenoxy) is 1. The van der Waals surface area contributed by atoms with Crippen LogP contribution >= 0.6 is 23.2 Å². The Hall–Kier alpha value is -2.05. The minimum absolute atomic E-state index is 0.243. The van der Waals surface area contributed by atoms with Gasteiger partial charge in [-0.25, -0.2) is 9.78 Å². The molecule has 2 N–H and O–H groups in total. The third-order valence-corrected chi connectivity index (χ3v) is 3.84. The highest BCUT2D eigenvalue weighted by atomic mass is 35.5. The molecule has 1 heterocycles. The number of nitrogens with zero attached hydrogens (tertiary/aromatic N) is 1. The van der Waals surface area contributed by atoms with Crippen LogP contribution in [0.25, 0.3) is 10.9 Å². The average molecular weight is 384 g/mol. The first-order valence-corrected chi connectivity index (χ1v) is 8.49. The molecule has 0 bridgehead atoms. The molecular weight excluding hydrogens is 365 g/mol. The number of urea groups is 1. The molecule has 0 atom stereocenters. The molecule has 0 aliphatic rings. The molecule has 8 heteroatoms. The SMILES string of the molecule is Cc1ccc2c(Cl)cc(Cl)c(OCC(=O)NC(=O)NCC(C)C)c2n1. The molecule has 0 saturated carbocycles. The molecule has 0 aliphatic carbocycles. The third kappa shape index (κ3) is 5.21. The molecular formula is C17H19Cl2N3O3. The maximum atomic E-state index is 11.9. The lowest BCUT2D eigenvalue weighted by Crippen LogP contribution is -2.42. The van der Waals surface area contributed by atoms with E-state index in [1.165, 1.54) is 6.07 Å². The number of rotatable bonds is 5. The fourth-order valence-corrected chi connectivity index (χ4v) is 2.64. The topological polar surface area (TPSA) is 80.3 Å². The fraction of sp³-hybridized carbons (Fsp3) is 0.353. The predicted molar refractivity (Wildman–Crippen MR) is 98.4 cm³/mol. The Morgan fingerprint density at radius 3 is 2.64 bits per heavy atom. The lowest BCUT2D eigenvalue weighted by Gasteiger charge is -2.12. The smallest absolute Gasteiger partial charge is 0.321 e. The summed E-state index contributed by atoms with van der Waals surface area (Å²) in [4.78, 5) is 27.8. The van der Waals surface area contributed by atoms with Gasteiger partial charge in [0.25, 0.3) is 5.91 Å². The first-order valence-electron chi connectivity index (χ1n) is 7.73. The van der Waals surface area contributed by atoms with Gasteiger partial charge >= 0.3 is 6.03 Å². The Morgan fingerprint density at radius 2 is 1.96 bits per heavy atom. The molecule has 0 spiro atoms. The number of hydrogen-bond acceptors (Lipinski definition) is 4. The molecule has 0 unspecified atom stereocenters. The monoisotopic (exact) mass is 383 g/mol. The highest BCUT2D eigenvalue weighted by Gasteiger charge is 2.15. The second-order valence-corrected chi connectivity index (χ2v) is 6.77. The lowest BCUT2D eigenvalue weighted by atomic mass is 10.2. The lowest BCUT2D eigenvalue weighted by molar-refractivity contribution is -0.121. The van der Waals surface area contributed by atoms with Gasteiger partial charge in [0.2, 0.25) is 0 Å². The van der Waals surface area contributed by atoms with Gasteiger partial charge in [-0.15, -0.1) is 0 Å². The molecule has 3 amide bonds. The van der Waals surface area contributed by atoms with Crippen molar-refractivity contribution in [3.63, 3.8) is 0 Å². The van der Waals surface area contributed by atoms with Gasteiger partial charge in [0.05, 0.1) is 10.0 Å². The van der Waals surface area contributed by atoms with Crippen LogP contribution in [0.4, 0.5) is 4.79 Å². The van der Waals surface area contributed by atoms with Crippen LogP contribution in [0.3, 0.4) is 0 Å². The number of aryl methyl sites for hydroxylation is 1. The Labute approximate surface area is 155 Å². The minimum Gasteiger partial charge on any atom is -0.480 e. The molecule has 134 valence electrons. The predicted octanol–water partition coefficient (Wildman–Crippen LogP) is 3.71. The Morgan fingerprint density at radius 1 is 1.24 bits per heavy atom. The molecule has 0 aliphatic heterocycles. The van der Waals surface area contributed by atoms with E-state index in [9.17, 15) is 9.59 Å². The number of fused-ring (bicyclic) bond motifs is 1. The first kappa shape index (κ1) is 19.3.